The molecule has 1 amide bonds. The number of nitrogens with zero attached hydrogens (tertiary/aromatic N) is 3. The third-order valence-electron chi connectivity index (χ3n) is 3.13. The normalized spacial score (nSPS) is 10.6. The molecule has 0 aliphatic carbocycles. The van der Waals surface area contributed by atoms with Crippen molar-refractivity contribution in [2.75, 3.05) is 11.1 Å². The molecule has 0 bridgehead atoms. The number of amides is 1. The molecule has 106 valence electrons. The van der Waals surface area contributed by atoms with E-state index in [1.165, 1.54) is 17.3 Å². The lowest BCUT2D eigenvalue weighted by Gasteiger charge is -2.10. The number of rotatable bonds is 5. The van der Waals surface area contributed by atoms with E-state index in [1.54, 1.807) is 6.33 Å². The maximum Gasteiger partial charge on any atom is 0.234 e. The number of aryl methyl sites for hydroxylation is 2. The second kappa shape index (κ2) is 6.56. The van der Waals surface area contributed by atoms with Gasteiger partial charge in [0.2, 0.25) is 5.91 Å². The molecule has 1 aromatic heterocycles. The number of benzene rings is 1. The Balaban J connectivity index is 1.94. The lowest BCUT2D eigenvalue weighted by atomic mass is 10.1. The van der Waals surface area contributed by atoms with Crippen LogP contribution < -0.4 is 5.32 Å². The van der Waals surface area contributed by atoms with E-state index in [0.29, 0.717) is 5.75 Å². The molecule has 0 unspecified atom stereocenters. The lowest BCUT2D eigenvalue weighted by molar-refractivity contribution is -0.113. The van der Waals surface area contributed by atoms with Crippen molar-refractivity contribution in [1.82, 2.24) is 14.8 Å². The quantitative estimate of drug-likeness (QED) is 0.860. The van der Waals surface area contributed by atoms with Crippen LogP contribution in [0.25, 0.3) is 0 Å². The van der Waals surface area contributed by atoms with Crippen LogP contribution >= 0.6 is 11.8 Å². The monoisotopic (exact) mass is 290 g/mol. The highest BCUT2D eigenvalue weighted by Gasteiger charge is 2.09. The highest BCUT2D eigenvalue weighted by atomic mass is 32.2. The number of aromatic nitrogens is 3. The van der Waals surface area contributed by atoms with E-state index in [-0.39, 0.29) is 5.91 Å². The van der Waals surface area contributed by atoms with Crippen LogP contribution in [0.1, 0.15) is 18.1 Å². The van der Waals surface area contributed by atoms with Gasteiger partial charge in [0.1, 0.15) is 6.33 Å². The number of nitrogens with one attached hydrogen (secondary N) is 1. The van der Waals surface area contributed by atoms with E-state index < -0.39 is 0 Å². The Morgan fingerprint density at radius 3 is 2.95 bits per heavy atom. The number of anilines is 1. The van der Waals surface area contributed by atoms with E-state index in [1.807, 2.05) is 43.5 Å². The number of hydrogen-bond donors (Lipinski definition) is 1. The molecule has 1 aromatic carbocycles. The first kappa shape index (κ1) is 14.6. The zero-order valence-corrected chi connectivity index (χ0v) is 12.7. The molecule has 0 saturated carbocycles. The van der Waals surface area contributed by atoms with Crippen LogP contribution in [0.15, 0.2) is 29.7 Å². The van der Waals surface area contributed by atoms with Crippen LogP contribution in [0.4, 0.5) is 5.69 Å². The molecule has 6 heteroatoms. The summed E-state index contributed by atoms with van der Waals surface area (Å²) in [5.74, 6) is 0.292. The fraction of sp³-hybridized carbons (Fsp3) is 0.357. The topological polar surface area (TPSA) is 59.8 Å². The van der Waals surface area contributed by atoms with Crippen molar-refractivity contribution in [3.05, 3.63) is 35.7 Å². The Hall–Kier alpha value is -1.82. The van der Waals surface area contributed by atoms with Crippen LogP contribution in [0.3, 0.4) is 0 Å². The maximum absolute atomic E-state index is 12.0. The molecule has 1 heterocycles. The van der Waals surface area contributed by atoms with Gasteiger partial charge in [-0.15, -0.1) is 10.2 Å². The van der Waals surface area contributed by atoms with Gasteiger partial charge in [-0.05, 0) is 38.0 Å². The number of hydrogen-bond acceptors (Lipinski definition) is 4. The summed E-state index contributed by atoms with van der Waals surface area (Å²) in [5.41, 5.74) is 3.14. The number of thioether (sulfide) groups is 1. The van der Waals surface area contributed by atoms with E-state index >= 15 is 0 Å². The molecule has 0 aliphatic rings. The van der Waals surface area contributed by atoms with Crippen molar-refractivity contribution in [2.45, 2.75) is 32.5 Å². The summed E-state index contributed by atoms with van der Waals surface area (Å²) in [5, 5.41) is 11.5. The summed E-state index contributed by atoms with van der Waals surface area (Å²) in [6, 6.07) is 5.89. The van der Waals surface area contributed by atoms with Crippen molar-refractivity contribution < 1.29 is 4.79 Å². The minimum absolute atomic E-state index is 0.0330. The standard InChI is InChI=1S/C14H18N4OS/c1-4-18-9-15-17-14(18)20-8-13(19)16-12-7-5-6-10(2)11(12)3/h5-7,9H,4,8H2,1-3H3,(H,16,19). The molecule has 0 radical (unpaired) electrons. The molecule has 0 saturated heterocycles. The summed E-state index contributed by atoms with van der Waals surface area (Å²) in [7, 11) is 0. The molecular weight excluding hydrogens is 272 g/mol. The van der Waals surface area contributed by atoms with Crippen molar-refractivity contribution in [3.8, 4) is 0 Å². The van der Waals surface area contributed by atoms with Crippen LogP contribution in [0.5, 0.6) is 0 Å². The van der Waals surface area contributed by atoms with Gasteiger partial charge in [-0.2, -0.15) is 0 Å². The second-order valence-electron chi connectivity index (χ2n) is 4.48. The maximum atomic E-state index is 12.0. The Morgan fingerprint density at radius 1 is 1.40 bits per heavy atom. The fourth-order valence-corrected chi connectivity index (χ4v) is 2.56. The fourth-order valence-electron chi connectivity index (χ4n) is 1.78. The average molecular weight is 290 g/mol. The van der Waals surface area contributed by atoms with Crippen LogP contribution in [-0.4, -0.2) is 26.4 Å². The molecule has 0 aliphatic heterocycles. The predicted octanol–water partition coefficient (Wildman–Crippen LogP) is 2.65. The smallest absolute Gasteiger partial charge is 0.234 e. The number of carbonyl (C=O) groups excluding carboxylic acids is 1. The van der Waals surface area contributed by atoms with Gasteiger partial charge in [-0.3, -0.25) is 4.79 Å². The molecule has 0 fully saturated rings. The van der Waals surface area contributed by atoms with Gasteiger partial charge in [-0.25, -0.2) is 0 Å². The molecule has 0 spiro atoms. The Kier molecular flexibility index (Phi) is 4.79. The summed E-state index contributed by atoms with van der Waals surface area (Å²) in [4.78, 5) is 12.0. The lowest BCUT2D eigenvalue weighted by Crippen LogP contribution is -2.15. The van der Waals surface area contributed by atoms with E-state index in [9.17, 15) is 4.79 Å². The van der Waals surface area contributed by atoms with Crippen LogP contribution in [-0.2, 0) is 11.3 Å². The first-order valence-electron chi connectivity index (χ1n) is 6.48. The van der Waals surface area contributed by atoms with Crippen molar-refractivity contribution in [1.29, 1.82) is 0 Å². The third kappa shape index (κ3) is 3.39. The Morgan fingerprint density at radius 2 is 2.20 bits per heavy atom. The minimum atomic E-state index is -0.0330. The van der Waals surface area contributed by atoms with Crippen LogP contribution in [0.2, 0.25) is 0 Å². The minimum Gasteiger partial charge on any atom is -0.325 e. The average Bonchev–Trinajstić information content (AvgIpc) is 2.89. The number of carbonyl (C=O) groups is 1. The molecular formula is C14H18N4OS. The van der Waals surface area contributed by atoms with Gasteiger partial charge < -0.3 is 9.88 Å². The SMILES string of the molecule is CCn1cnnc1SCC(=O)Nc1cccc(C)c1C. The molecule has 5 nitrogen and oxygen atoms in total. The first-order chi connectivity index (χ1) is 9.61. The van der Waals surface area contributed by atoms with E-state index in [0.717, 1.165) is 23.0 Å². The first-order valence-corrected chi connectivity index (χ1v) is 7.47. The summed E-state index contributed by atoms with van der Waals surface area (Å²) in [6.07, 6.45) is 1.67. The summed E-state index contributed by atoms with van der Waals surface area (Å²) < 4.78 is 1.91. The van der Waals surface area contributed by atoms with Crippen molar-refractivity contribution in [3.63, 3.8) is 0 Å². The highest BCUT2D eigenvalue weighted by Crippen LogP contribution is 2.19. The third-order valence-corrected chi connectivity index (χ3v) is 4.11. The van der Waals surface area contributed by atoms with Crippen molar-refractivity contribution in [2.24, 2.45) is 0 Å². The molecule has 2 rings (SSSR count). The zero-order valence-electron chi connectivity index (χ0n) is 11.9. The van der Waals surface area contributed by atoms with Crippen LogP contribution in [0, 0.1) is 13.8 Å². The van der Waals surface area contributed by atoms with E-state index in [4.69, 9.17) is 0 Å². The van der Waals surface area contributed by atoms with Gasteiger partial charge in [0, 0.05) is 12.2 Å². The molecule has 2 aromatic rings. The molecule has 1 N–H and O–H groups in total. The zero-order chi connectivity index (χ0) is 14.5. The highest BCUT2D eigenvalue weighted by molar-refractivity contribution is 7.99. The largest absolute Gasteiger partial charge is 0.325 e. The second-order valence-corrected chi connectivity index (χ2v) is 5.43. The predicted molar refractivity (Wildman–Crippen MR) is 81.0 cm³/mol. The summed E-state index contributed by atoms with van der Waals surface area (Å²) in [6.45, 7) is 6.85. The van der Waals surface area contributed by atoms with E-state index in [2.05, 4.69) is 15.5 Å². The molecule has 0 atom stereocenters. The van der Waals surface area contributed by atoms with Gasteiger partial charge in [-0.1, -0.05) is 23.9 Å². The Labute approximate surface area is 122 Å². The van der Waals surface area contributed by atoms with Crippen molar-refractivity contribution >= 4 is 23.4 Å². The molecule has 20 heavy (non-hydrogen) atoms. The van der Waals surface area contributed by atoms with Gasteiger partial charge >= 0.3 is 0 Å². The Bertz CT molecular complexity index is 609. The van der Waals surface area contributed by atoms with Gasteiger partial charge in [0.15, 0.2) is 5.16 Å². The van der Waals surface area contributed by atoms with Gasteiger partial charge in [0.25, 0.3) is 0 Å². The summed E-state index contributed by atoms with van der Waals surface area (Å²) >= 11 is 1.39. The van der Waals surface area contributed by atoms with Gasteiger partial charge in [0.05, 0.1) is 5.75 Å².